The Bertz CT molecular complexity index is 1410. The van der Waals surface area contributed by atoms with Gasteiger partial charge in [0.05, 0.1) is 6.42 Å². The minimum absolute atomic E-state index is 0.192. The van der Waals surface area contributed by atoms with Crippen molar-refractivity contribution >= 4 is 29.5 Å². The van der Waals surface area contributed by atoms with Crippen molar-refractivity contribution < 1.29 is 19.1 Å². The van der Waals surface area contributed by atoms with E-state index in [-0.39, 0.29) is 29.3 Å². The number of nitrogens with zero attached hydrogens (tertiary/aromatic N) is 1. The normalized spacial score (nSPS) is 20.3. The summed E-state index contributed by atoms with van der Waals surface area (Å²) < 4.78 is 6.19. The van der Waals surface area contributed by atoms with Crippen LogP contribution in [0.3, 0.4) is 0 Å². The van der Waals surface area contributed by atoms with Gasteiger partial charge in [-0.1, -0.05) is 103 Å². The monoisotopic (exact) mass is 550 g/mol. The number of benzene rings is 3. The highest BCUT2D eigenvalue weighted by atomic mass is 32.2. The maximum atomic E-state index is 13.9. The van der Waals surface area contributed by atoms with Crippen molar-refractivity contribution in [3.05, 3.63) is 131 Å². The number of esters is 1. The van der Waals surface area contributed by atoms with E-state index in [1.54, 1.807) is 11.8 Å². The summed E-state index contributed by atoms with van der Waals surface area (Å²) >= 11 is 1.56. The Labute approximate surface area is 238 Å². The van der Waals surface area contributed by atoms with Crippen molar-refractivity contribution in [2.75, 3.05) is 5.75 Å². The highest BCUT2D eigenvalue weighted by Crippen LogP contribution is 2.42. The number of rotatable bonds is 9. The topological polar surface area (TPSA) is 75.7 Å². The zero-order valence-corrected chi connectivity index (χ0v) is 22.8. The summed E-state index contributed by atoms with van der Waals surface area (Å²) in [7, 11) is 0. The van der Waals surface area contributed by atoms with Crippen LogP contribution in [0.1, 0.15) is 35.6 Å². The van der Waals surface area contributed by atoms with Gasteiger partial charge in [-0.05, 0) is 41.0 Å². The molecule has 2 heterocycles. The third-order valence-corrected chi connectivity index (χ3v) is 8.64. The van der Waals surface area contributed by atoms with Crippen LogP contribution in [0.2, 0.25) is 0 Å². The highest BCUT2D eigenvalue weighted by molar-refractivity contribution is 8.00. The molecule has 6 rings (SSSR count). The molecule has 7 heteroatoms. The summed E-state index contributed by atoms with van der Waals surface area (Å²) in [6, 6.07) is 28.0. The first-order chi connectivity index (χ1) is 19.6. The molecule has 6 nitrogen and oxygen atoms in total. The minimum atomic E-state index is -0.683. The van der Waals surface area contributed by atoms with E-state index in [1.807, 2.05) is 97.1 Å². The van der Waals surface area contributed by atoms with Gasteiger partial charge in [0.15, 0.2) is 6.10 Å². The van der Waals surface area contributed by atoms with E-state index < -0.39 is 18.1 Å². The second kappa shape index (κ2) is 11.6. The molecule has 2 aliphatic heterocycles. The standard InChI is InChI=1S/C33H30N2O4S/c36-27(20-23-10-4-1-5-11-23)34-28-31(37)35-29(26(21-40-32(28)35)19-18-22-16-17-22)33(38)39-30(24-12-6-2-7-13-24)25-14-8-3-9-15-25/h1-15,18-19,22,28,30,32H,16-17,20-21H2,(H,34,36)/b19-18-. The van der Waals surface area contributed by atoms with Gasteiger partial charge in [0.2, 0.25) is 5.91 Å². The molecular formula is C33H30N2O4S. The van der Waals surface area contributed by atoms with E-state index in [2.05, 4.69) is 11.4 Å². The smallest absolute Gasteiger partial charge is 0.356 e. The van der Waals surface area contributed by atoms with E-state index in [0.29, 0.717) is 11.7 Å². The molecule has 1 aliphatic carbocycles. The number of nitrogens with one attached hydrogen (secondary N) is 1. The predicted molar refractivity (Wildman–Crippen MR) is 155 cm³/mol. The lowest BCUT2D eigenvalue weighted by atomic mass is 10.00. The van der Waals surface area contributed by atoms with E-state index >= 15 is 0 Å². The minimum Gasteiger partial charge on any atom is -0.448 e. The molecule has 1 N–H and O–H groups in total. The fourth-order valence-corrected chi connectivity index (χ4v) is 6.37. The maximum Gasteiger partial charge on any atom is 0.356 e. The van der Waals surface area contributed by atoms with Crippen LogP contribution in [-0.2, 0) is 25.5 Å². The molecule has 40 heavy (non-hydrogen) atoms. The average molecular weight is 551 g/mol. The number of allylic oxidation sites excluding steroid dienone is 2. The van der Waals surface area contributed by atoms with Gasteiger partial charge in [-0.3, -0.25) is 14.5 Å². The van der Waals surface area contributed by atoms with Crippen LogP contribution in [0.25, 0.3) is 0 Å². The summed E-state index contributed by atoms with van der Waals surface area (Å²) in [5.41, 5.74) is 3.63. The zero-order valence-electron chi connectivity index (χ0n) is 21.9. The Morgan fingerprint density at radius 3 is 2.12 bits per heavy atom. The third kappa shape index (κ3) is 5.61. The molecule has 0 spiro atoms. The Morgan fingerprint density at radius 1 is 0.925 bits per heavy atom. The molecule has 2 amide bonds. The first-order valence-electron chi connectivity index (χ1n) is 13.6. The third-order valence-electron chi connectivity index (χ3n) is 7.34. The first kappa shape index (κ1) is 26.1. The van der Waals surface area contributed by atoms with Crippen molar-refractivity contribution in [1.82, 2.24) is 10.2 Å². The van der Waals surface area contributed by atoms with Crippen LogP contribution < -0.4 is 5.32 Å². The molecule has 0 bridgehead atoms. The summed E-state index contributed by atoms with van der Waals surface area (Å²) in [6.45, 7) is 0. The number of β-lactam (4-membered cyclic amide) rings is 1. The molecule has 1 saturated heterocycles. The lowest BCUT2D eigenvalue weighted by molar-refractivity contribution is -0.154. The number of carbonyl (C=O) groups is 3. The van der Waals surface area contributed by atoms with Gasteiger partial charge in [-0.2, -0.15) is 0 Å². The Balaban J connectivity index is 1.25. The number of carbonyl (C=O) groups excluding carboxylic acids is 3. The van der Waals surface area contributed by atoms with Crippen molar-refractivity contribution in [3.63, 3.8) is 0 Å². The van der Waals surface area contributed by atoms with Gasteiger partial charge >= 0.3 is 5.97 Å². The van der Waals surface area contributed by atoms with Crippen LogP contribution in [-0.4, -0.2) is 39.9 Å². The van der Waals surface area contributed by atoms with Crippen LogP contribution in [0.15, 0.2) is 114 Å². The van der Waals surface area contributed by atoms with Gasteiger partial charge in [0.1, 0.15) is 17.1 Å². The van der Waals surface area contributed by atoms with E-state index in [9.17, 15) is 14.4 Å². The molecule has 2 unspecified atom stereocenters. The second-order valence-corrected chi connectivity index (χ2v) is 11.4. The predicted octanol–water partition coefficient (Wildman–Crippen LogP) is 5.18. The van der Waals surface area contributed by atoms with Gasteiger partial charge in [0.25, 0.3) is 5.91 Å². The van der Waals surface area contributed by atoms with Gasteiger partial charge in [-0.25, -0.2) is 4.79 Å². The number of thioether (sulfide) groups is 1. The fraction of sp³-hybridized carbons (Fsp3) is 0.242. The number of hydrogen-bond donors (Lipinski definition) is 1. The number of ether oxygens (including phenoxy) is 1. The zero-order chi connectivity index (χ0) is 27.5. The molecule has 0 radical (unpaired) electrons. The number of amides is 2. The SMILES string of the molecule is O=C(Cc1ccccc1)NC1C(=O)N2C(C(=O)OC(c3ccccc3)c3ccccc3)=C(/C=C\C3CC3)CSC12. The molecule has 3 aliphatic rings. The van der Waals surface area contributed by atoms with Crippen molar-refractivity contribution in [2.45, 2.75) is 36.8 Å². The molecule has 2 fully saturated rings. The molecule has 202 valence electrons. The average Bonchev–Trinajstić information content (AvgIpc) is 3.83. The lowest BCUT2D eigenvalue weighted by Crippen LogP contribution is -2.70. The van der Waals surface area contributed by atoms with Crippen LogP contribution >= 0.6 is 11.8 Å². The Kier molecular flexibility index (Phi) is 7.55. The molecule has 3 aromatic carbocycles. The summed E-state index contributed by atoms with van der Waals surface area (Å²) in [6.07, 6.45) is 5.95. The number of fused-ring (bicyclic) bond motifs is 1. The van der Waals surface area contributed by atoms with E-state index in [0.717, 1.165) is 35.1 Å². The molecule has 3 aromatic rings. The van der Waals surface area contributed by atoms with Crippen LogP contribution in [0.4, 0.5) is 0 Å². The Hall–Kier alpha value is -4.10. The molecular weight excluding hydrogens is 520 g/mol. The van der Waals surface area contributed by atoms with Crippen LogP contribution in [0, 0.1) is 5.92 Å². The Morgan fingerprint density at radius 2 is 1.52 bits per heavy atom. The molecule has 2 atom stereocenters. The van der Waals surface area contributed by atoms with Gasteiger partial charge < -0.3 is 10.1 Å². The maximum absolute atomic E-state index is 13.9. The summed E-state index contributed by atoms with van der Waals surface area (Å²) in [4.78, 5) is 41.6. The van der Waals surface area contributed by atoms with E-state index in [1.165, 1.54) is 4.90 Å². The first-order valence-corrected chi connectivity index (χ1v) is 14.6. The van der Waals surface area contributed by atoms with Crippen molar-refractivity contribution in [1.29, 1.82) is 0 Å². The fourth-order valence-electron chi connectivity index (χ4n) is 5.05. The number of hydrogen-bond acceptors (Lipinski definition) is 5. The largest absolute Gasteiger partial charge is 0.448 e. The van der Waals surface area contributed by atoms with Crippen LogP contribution in [0.5, 0.6) is 0 Å². The molecule has 0 aromatic heterocycles. The summed E-state index contributed by atoms with van der Waals surface area (Å²) in [5, 5.41) is 2.54. The molecule has 1 saturated carbocycles. The lowest BCUT2D eigenvalue weighted by Gasteiger charge is -2.49. The van der Waals surface area contributed by atoms with Crippen molar-refractivity contribution in [2.24, 2.45) is 5.92 Å². The van der Waals surface area contributed by atoms with E-state index in [4.69, 9.17) is 4.74 Å². The highest BCUT2D eigenvalue weighted by Gasteiger charge is 2.54. The quantitative estimate of drug-likeness (QED) is 0.294. The second-order valence-electron chi connectivity index (χ2n) is 10.3. The van der Waals surface area contributed by atoms with Gasteiger partial charge in [-0.15, -0.1) is 11.8 Å². The summed E-state index contributed by atoms with van der Waals surface area (Å²) in [5.74, 6) is 0.0189. The van der Waals surface area contributed by atoms with Crippen molar-refractivity contribution in [3.8, 4) is 0 Å². The van der Waals surface area contributed by atoms with Gasteiger partial charge in [0, 0.05) is 5.75 Å².